The number of nitrogens with zero attached hydrogens (tertiary/aromatic N) is 1. The summed E-state index contributed by atoms with van der Waals surface area (Å²) in [6.07, 6.45) is 0.366. The summed E-state index contributed by atoms with van der Waals surface area (Å²) in [6.45, 7) is 5.19. The number of hydrogen-bond acceptors (Lipinski definition) is 4. The highest BCUT2D eigenvalue weighted by Gasteiger charge is 2.38. The van der Waals surface area contributed by atoms with Crippen LogP contribution in [0.5, 0.6) is 0 Å². The van der Waals surface area contributed by atoms with Crippen LogP contribution in [-0.2, 0) is 19.4 Å². The minimum Gasteiger partial charge on any atom is -0.341 e. The van der Waals surface area contributed by atoms with Gasteiger partial charge in [-0.25, -0.2) is 8.42 Å². The molecule has 1 aliphatic heterocycles. The van der Waals surface area contributed by atoms with Gasteiger partial charge in [-0.05, 0) is 20.3 Å². The van der Waals surface area contributed by atoms with E-state index in [1.807, 2.05) is 0 Å². The van der Waals surface area contributed by atoms with Crippen LogP contribution in [0.3, 0.4) is 0 Å². The van der Waals surface area contributed by atoms with Crippen LogP contribution < -0.4 is 5.32 Å². The minimum absolute atomic E-state index is 0.00837. The zero-order valence-corrected chi connectivity index (χ0v) is 11.8. The SMILES string of the molecule is CCS(=O)(=O)CCCN1CC(=O)NC(C)(C)C1=O. The van der Waals surface area contributed by atoms with Crippen molar-refractivity contribution in [2.75, 3.05) is 24.6 Å². The third kappa shape index (κ3) is 3.69. The highest BCUT2D eigenvalue weighted by atomic mass is 32.2. The van der Waals surface area contributed by atoms with Gasteiger partial charge in [-0.3, -0.25) is 9.59 Å². The average Bonchev–Trinajstić information content (AvgIpc) is 2.24. The van der Waals surface area contributed by atoms with Crippen molar-refractivity contribution in [3.8, 4) is 0 Å². The maximum atomic E-state index is 12.0. The molecular weight excluding hydrogens is 256 g/mol. The lowest BCUT2D eigenvalue weighted by atomic mass is 10.0. The maximum Gasteiger partial charge on any atom is 0.248 e. The van der Waals surface area contributed by atoms with E-state index in [9.17, 15) is 18.0 Å². The number of piperazine rings is 1. The van der Waals surface area contributed by atoms with Gasteiger partial charge in [-0.1, -0.05) is 6.92 Å². The van der Waals surface area contributed by atoms with Crippen molar-refractivity contribution in [3.05, 3.63) is 0 Å². The molecule has 0 atom stereocenters. The van der Waals surface area contributed by atoms with Gasteiger partial charge in [0, 0.05) is 12.3 Å². The zero-order chi connectivity index (χ0) is 14.0. The Morgan fingerprint density at radius 2 is 1.94 bits per heavy atom. The molecule has 0 aliphatic carbocycles. The first-order valence-corrected chi connectivity index (χ1v) is 7.81. The summed E-state index contributed by atoms with van der Waals surface area (Å²) in [6, 6.07) is 0. The van der Waals surface area contributed by atoms with Crippen LogP contribution >= 0.6 is 0 Å². The second-order valence-electron chi connectivity index (χ2n) is 4.99. The number of nitrogens with one attached hydrogen (secondary N) is 1. The molecule has 2 amide bonds. The van der Waals surface area contributed by atoms with Crippen molar-refractivity contribution in [1.82, 2.24) is 10.2 Å². The molecule has 1 saturated heterocycles. The summed E-state index contributed by atoms with van der Waals surface area (Å²) in [5.74, 6) is -0.226. The van der Waals surface area contributed by atoms with E-state index in [4.69, 9.17) is 0 Å². The molecule has 1 rings (SSSR count). The molecule has 1 fully saturated rings. The van der Waals surface area contributed by atoms with Crippen LogP contribution in [0.4, 0.5) is 0 Å². The van der Waals surface area contributed by atoms with Crippen LogP contribution in [0, 0.1) is 0 Å². The first-order chi connectivity index (χ1) is 8.18. The number of amides is 2. The summed E-state index contributed by atoms with van der Waals surface area (Å²) < 4.78 is 22.7. The third-order valence-electron chi connectivity index (χ3n) is 2.93. The van der Waals surface area contributed by atoms with E-state index in [2.05, 4.69) is 5.32 Å². The van der Waals surface area contributed by atoms with Crippen molar-refractivity contribution in [1.29, 1.82) is 0 Å². The summed E-state index contributed by atoms with van der Waals surface area (Å²) >= 11 is 0. The lowest BCUT2D eigenvalue weighted by molar-refractivity contribution is -0.148. The number of carbonyl (C=O) groups is 2. The largest absolute Gasteiger partial charge is 0.341 e. The standard InChI is InChI=1S/C11H20N2O4S/c1-4-18(16,17)7-5-6-13-8-9(14)12-11(2,3)10(13)15/h4-8H2,1-3H3,(H,12,14). The van der Waals surface area contributed by atoms with E-state index in [1.54, 1.807) is 20.8 Å². The second-order valence-corrected chi connectivity index (χ2v) is 7.46. The topological polar surface area (TPSA) is 83.6 Å². The predicted molar refractivity (Wildman–Crippen MR) is 67.7 cm³/mol. The molecule has 0 aromatic carbocycles. The van der Waals surface area contributed by atoms with Gasteiger partial charge in [0.25, 0.3) is 0 Å². The van der Waals surface area contributed by atoms with Gasteiger partial charge in [-0.2, -0.15) is 0 Å². The van der Waals surface area contributed by atoms with Gasteiger partial charge in [-0.15, -0.1) is 0 Å². The number of hydrogen-bond donors (Lipinski definition) is 1. The molecule has 0 unspecified atom stereocenters. The molecule has 104 valence electrons. The third-order valence-corrected chi connectivity index (χ3v) is 4.72. The molecule has 1 heterocycles. The highest BCUT2D eigenvalue weighted by molar-refractivity contribution is 7.91. The smallest absolute Gasteiger partial charge is 0.248 e. The van der Waals surface area contributed by atoms with Crippen LogP contribution in [0.15, 0.2) is 0 Å². The average molecular weight is 276 g/mol. The fraction of sp³-hybridized carbons (Fsp3) is 0.818. The van der Waals surface area contributed by atoms with Crippen LogP contribution in [0.2, 0.25) is 0 Å². The van der Waals surface area contributed by atoms with Gasteiger partial charge >= 0.3 is 0 Å². The Balaban J connectivity index is 2.57. The summed E-state index contributed by atoms with van der Waals surface area (Å²) in [4.78, 5) is 24.8. The van der Waals surface area contributed by atoms with E-state index in [0.717, 1.165) is 0 Å². The van der Waals surface area contributed by atoms with Crippen molar-refractivity contribution in [2.24, 2.45) is 0 Å². The molecule has 0 aromatic heterocycles. The Kier molecular flexibility index (Phi) is 4.37. The molecule has 7 heteroatoms. The van der Waals surface area contributed by atoms with Crippen molar-refractivity contribution in [2.45, 2.75) is 32.7 Å². The van der Waals surface area contributed by atoms with Gasteiger partial charge in [0.15, 0.2) is 0 Å². The summed E-state index contributed by atoms with van der Waals surface area (Å²) in [5.41, 5.74) is -0.904. The molecule has 0 aromatic rings. The van der Waals surface area contributed by atoms with Gasteiger partial charge in [0.2, 0.25) is 11.8 Å². The molecule has 0 bridgehead atoms. The molecule has 0 saturated carbocycles. The predicted octanol–water partition coefficient (Wildman–Crippen LogP) is -0.452. The minimum atomic E-state index is -3.02. The number of sulfone groups is 1. The lowest BCUT2D eigenvalue weighted by Gasteiger charge is -2.37. The molecule has 6 nitrogen and oxygen atoms in total. The fourth-order valence-electron chi connectivity index (χ4n) is 1.88. The summed E-state index contributed by atoms with van der Waals surface area (Å²) in [5, 5.41) is 2.60. The van der Waals surface area contributed by atoms with Crippen LogP contribution in [0.1, 0.15) is 27.2 Å². The van der Waals surface area contributed by atoms with Crippen molar-refractivity contribution >= 4 is 21.7 Å². The Labute approximate surface area is 108 Å². The molecule has 0 radical (unpaired) electrons. The van der Waals surface area contributed by atoms with Gasteiger partial charge < -0.3 is 10.2 Å². The molecular formula is C11H20N2O4S. The fourth-order valence-corrected chi connectivity index (χ4v) is 2.74. The quantitative estimate of drug-likeness (QED) is 0.737. The normalized spacial score (nSPS) is 19.8. The highest BCUT2D eigenvalue weighted by Crippen LogP contribution is 2.13. The van der Waals surface area contributed by atoms with E-state index >= 15 is 0 Å². The monoisotopic (exact) mass is 276 g/mol. The molecule has 1 aliphatic rings. The Bertz CT molecular complexity index is 442. The Hall–Kier alpha value is -1.11. The van der Waals surface area contributed by atoms with Crippen LogP contribution in [0.25, 0.3) is 0 Å². The maximum absolute atomic E-state index is 12.0. The number of carbonyl (C=O) groups excluding carboxylic acids is 2. The Morgan fingerprint density at radius 1 is 1.33 bits per heavy atom. The first-order valence-electron chi connectivity index (χ1n) is 5.99. The van der Waals surface area contributed by atoms with E-state index in [-0.39, 0.29) is 29.9 Å². The molecule has 18 heavy (non-hydrogen) atoms. The summed E-state index contributed by atoms with van der Waals surface area (Å²) in [7, 11) is -3.02. The van der Waals surface area contributed by atoms with Gasteiger partial charge in [0.1, 0.15) is 15.4 Å². The zero-order valence-electron chi connectivity index (χ0n) is 11.0. The van der Waals surface area contributed by atoms with Crippen LogP contribution in [-0.4, -0.2) is 55.3 Å². The second kappa shape index (κ2) is 5.26. The molecule has 1 N–H and O–H groups in total. The number of rotatable bonds is 5. The van der Waals surface area contributed by atoms with E-state index < -0.39 is 15.4 Å². The first kappa shape index (κ1) is 14.9. The molecule has 0 spiro atoms. The van der Waals surface area contributed by atoms with Crippen molar-refractivity contribution < 1.29 is 18.0 Å². The van der Waals surface area contributed by atoms with E-state index in [1.165, 1.54) is 4.90 Å². The van der Waals surface area contributed by atoms with E-state index in [0.29, 0.717) is 13.0 Å². The van der Waals surface area contributed by atoms with Crippen molar-refractivity contribution in [3.63, 3.8) is 0 Å². The lowest BCUT2D eigenvalue weighted by Crippen LogP contribution is -2.63. The Morgan fingerprint density at radius 3 is 2.50 bits per heavy atom. The van der Waals surface area contributed by atoms with Gasteiger partial charge in [0.05, 0.1) is 12.3 Å².